The predicted molar refractivity (Wildman–Crippen MR) is 101 cm³/mol. The maximum absolute atomic E-state index is 12.4. The number of benzene rings is 1. The fourth-order valence-corrected chi connectivity index (χ4v) is 4.03. The van der Waals surface area contributed by atoms with Crippen LogP contribution in [0, 0.1) is 0 Å². The summed E-state index contributed by atoms with van der Waals surface area (Å²) in [7, 11) is 2.09. The molecule has 1 aromatic carbocycles. The second-order valence-electron chi connectivity index (χ2n) is 6.03. The molecule has 1 aromatic rings. The van der Waals surface area contributed by atoms with Crippen LogP contribution in [0.4, 0.5) is 5.69 Å². The van der Waals surface area contributed by atoms with E-state index in [1.165, 1.54) is 17.3 Å². The van der Waals surface area contributed by atoms with E-state index in [1.54, 1.807) is 6.92 Å². The van der Waals surface area contributed by atoms with E-state index in [-0.39, 0.29) is 17.9 Å². The molecule has 6 heteroatoms. The lowest BCUT2D eigenvalue weighted by Crippen LogP contribution is -2.26. The van der Waals surface area contributed by atoms with Crippen LogP contribution in [-0.4, -0.2) is 47.8 Å². The van der Waals surface area contributed by atoms with Crippen LogP contribution in [-0.2, 0) is 9.53 Å². The third-order valence-electron chi connectivity index (χ3n) is 4.24. The molecule has 5 nitrogen and oxygen atoms in total. The van der Waals surface area contributed by atoms with E-state index >= 15 is 0 Å². The van der Waals surface area contributed by atoms with Crippen LogP contribution < -0.4 is 0 Å². The van der Waals surface area contributed by atoms with Gasteiger partial charge in [0.2, 0.25) is 0 Å². The minimum absolute atomic E-state index is 0.0117. The number of nitrogens with zero attached hydrogens (tertiary/aromatic N) is 2. The van der Waals surface area contributed by atoms with Gasteiger partial charge in [-0.1, -0.05) is 30.0 Å². The maximum Gasteiger partial charge on any atom is 0.344 e. The summed E-state index contributed by atoms with van der Waals surface area (Å²) < 4.78 is 5.14. The number of carbonyl (C=O) groups excluding carboxylic acids is 1. The van der Waals surface area contributed by atoms with E-state index in [1.807, 2.05) is 30.3 Å². The number of aliphatic hydroxyl groups is 1. The van der Waals surface area contributed by atoms with Crippen molar-refractivity contribution < 1.29 is 14.6 Å². The number of hydrogen-bond donors (Lipinski definition) is 1. The molecule has 0 amide bonds. The number of hydrogen-bond acceptors (Lipinski definition) is 6. The Morgan fingerprint density at radius 2 is 1.96 bits per heavy atom. The van der Waals surface area contributed by atoms with Crippen molar-refractivity contribution in [2.24, 2.45) is 4.99 Å². The van der Waals surface area contributed by atoms with E-state index in [2.05, 4.69) is 16.9 Å². The van der Waals surface area contributed by atoms with Gasteiger partial charge in [-0.15, -0.1) is 0 Å². The number of carbonyl (C=O) groups is 1. The van der Waals surface area contributed by atoms with E-state index in [0.29, 0.717) is 5.04 Å². The Labute approximate surface area is 152 Å². The number of likely N-dealkylation sites (tertiary alicyclic amines) is 1. The van der Waals surface area contributed by atoms with Crippen molar-refractivity contribution in [3.05, 3.63) is 52.1 Å². The number of aliphatic imine (C=N–C) groups is 1. The molecular formula is C19H22N2O3S. The van der Waals surface area contributed by atoms with Gasteiger partial charge in [-0.2, -0.15) is 0 Å². The van der Waals surface area contributed by atoms with E-state index in [9.17, 15) is 9.90 Å². The number of para-hydroxylation sites is 1. The third-order valence-corrected chi connectivity index (χ3v) is 5.42. The minimum atomic E-state index is -0.522. The van der Waals surface area contributed by atoms with Crippen molar-refractivity contribution in [1.29, 1.82) is 0 Å². The molecule has 0 aromatic heterocycles. The number of rotatable bonds is 3. The van der Waals surface area contributed by atoms with Crippen LogP contribution in [0.25, 0.3) is 0 Å². The monoisotopic (exact) mass is 358 g/mol. The Morgan fingerprint density at radius 1 is 1.28 bits per heavy atom. The second kappa shape index (κ2) is 7.89. The molecule has 0 radical (unpaired) electrons. The van der Waals surface area contributed by atoms with Crippen molar-refractivity contribution in [1.82, 2.24) is 4.90 Å². The fourth-order valence-electron chi connectivity index (χ4n) is 2.85. The minimum Gasteiger partial charge on any atom is -0.506 e. The van der Waals surface area contributed by atoms with Crippen molar-refractivity contribution in [2.75, 3.05) is 26.7 Å². The zero-order valence-corrected chi connectivity index (χ0v) is 15.3. The van der Waals surface area contributed by atoms with Crippen molar-refractivity contribution in [3.63, 3.8) is 0 Å². The van der Waals surface area contributed by atoms with Gasteiger partial charge in [-0.25, -0.2) is 9.79 Å². The summed E-state index contributed by atoms with van der Waals surface area (Å²) >= 11 is 1.37. The average Bonchev–Trinajstić information content (AvgIpc) is 2.93. The van der Waals surface area contributed by atoms with Crippen LogP contribution in [0.2, 0.25) is 0 Å². The van der Waals surface area contributed by atoms with Crippen LogP contribution in [0.1, 0.15) is 19.8 Å². The summed E-state index contributed by atoms with van der Waals surface area (Å²) in [5.41, 5.74) is 2.10. The quantitative estimate of drug-likeness (QED) is 0.832. The summed E-state index contributed by atoms with van der Waals surface area (Å²) in [5, 5.41) is 11.2. The number of aliphatic hydroxyl groups excluding tert-OH is 1. The Morgan fingerprint density at radius 3 is 2.60 bits per heavy atom. The fraction of sp³-hybridized carbons (Fsp3) is 0.368. The molecule has 2 heterocycles. The Kier molecular flexibility index (Phi) is 5.60. The highest BCUT2D eigenvalue weighted by Gasteiger charge is 2.35. The zero-order chi connectivity index (χ0) is 17.8. The van der Waals surface area contributed by atoms with Crippen LogP contribution in [0.15, 0.2) is 57.1 Å². The Balaban J connectivity index is 2.00. The molecule has 1 saturated heterocycles. The van der Waals surface area contributed by atoms with Gasteiger partial charge in [0.15, 0.2) is 0 Å². The molecule has 0 atom stereocenters. The summed E-state index contributed by atoms with van der Waals surface area (Å²) in [4.78, 5) is 20.0. The lowest BCUT2D eigenvalue weighted by molar-refractivity contribution is -0.138. The summed E-state index contributed by atoms with van der Waals surface area (Å²) in [5.74, 6) is -0.511. The van der Waals surface area contributed by atoms with E-state index < -0.39 is 5.97 Å². The van der Waals surface area contributed by atoms with Crippen LogP contribution in [0.3, 0.4) is 0 Å². The molecule has 0 bridgehead atoms. The van der Waals surface area contributed by atoms with Gasteiger partial charge < -0.3 is 14.7 Å². The van der Waals surface area contributed by atoms with Gasteiger partial charge >= 0.3 is 5.97 Å². The summed E-state index contributed by atoms with van der Waals surface area (Å²) in [6.07, 6.45) is 1.77. The van der Waals surface area contributed by atoms with Gasteiger partial charge in [-0.05, 0) is 44.5 Å². The first kappa shape index (κ1) is 17.8. The lowest BCUT2D eigenvalue weighted by Gasteiger charge is -2.25. The van der Waals surface area contributed by atoms with Gasteiger partial charge in [0.25, 0.3) is 0 Å². The molecule has 132 valence electrons. The summed E-state index contributed by atoms with van der Waals surface area (Å²) in [6.45, 7) is 3.91. The van der Waals surface area contributed by atoms with E-state index in [4.69, 9.17) is 4.74 Å². The van der Waals surface area contributed by atoms with E-state index in [0.717, 1.165) is 36.5 Å². The number of piperidine rings is 1. The normalized spacial score (nSPS) is 20.5. The molecule has 2 aliphatic heterocycles. The third kappa shape index (κ3) is 3.96. The summed E-state index contributed by atoms with van der Waals surface area (Å²) in [6, 6.07) is 9.44. The number of ether oxygens (including phenoxy) is 1. The zero-order valence-electron chi connectivity index (χ0n) is 14.5. The first-order valence-corrected chi connectivity index (χ1v) is 9.25. The van der Waals surface area contributed by atoms with Gasteiger partial charge in [0.05, 0.1) is 17.2 Å². The molecule has 3 rings (SSSR count). The van der Waals surface area contributed by atoms with Gasteiger partial charge in [0, 0.05) is 13.1 Å². The smallest absolute Gasteiger partial charge is 0.344 e. The number of thioether (sulfide) groups is 1. The van der Waals surface area contributed by atoms with Crippen molar-refractivity contribution >= 4 is 28.5 Å². The topological polar surface area (TPSA) is 62.1 Å². The highest BCUT2D eigenvalue weighted by molar-refractivity contribution is 8.18. The lowest BCUT2D eigenvalue weighted by atomic mass is 10.0. The highest BCUT2D eigenvalue weighted by atomic mass is 32.2. The molecule has 0 unspecified atom stereocenters. The molecule has 0 spiro atoms. The number of esters is 1. The van der Waals surface area contributed by atoms with Crippen molar-refractivity contribution in [3.8, 4) is 0 Å². The Hall–Kier alpha value is -2.05. The largest absolute Gasteiger partial charge is 0.506 e. The van der Waals surface area contributed by atoms with Gasteiger partial charge in [0.1, 0.15) is 16.4 Å². The average molecular weight is 358 g/mol. The molecule has 25 heavy (non-hydrogen) atoms. The van der Waals surface area contributed by atoms with Crippen molar-refractivity contribution in [2.45, 2.75) is 19.8 Å². The van der Waals surface area contributed by atoms with Crippen LogP contribution in [0.5, 0.6) is 0 Å². The molecular weight excluding hydrogens is 336 g/mol. The molecule has 0 aliphatic carbocycles. The molecule has 1 N–H and O–H groups in total. The first-order valence-electron chi connectivity index (χ1n) is 8.43. The van der Waals surface area contributed by atoms with Gasteiger partial charge in [-0.3, -0.25) is 0 Å². The molecule has 2 aliphatic rings. The highest BCUT2D eigenvalue weighted by Crippen LogP contribution is 2.42. The molecule has 0 saturated carbocycles. The van der Waals surface area contributed by atoms with Crippen LogP contribution >= 0.6 is 11.8 Å². The standard InChI is InChI=1S/C19H22N2O3S/c1-3-24-19(23)15-16(22)17(13-9-11-21(2)12-10-13)25-18(15)20-14-7-5-4-6-8-14/h4-8,22H,3,9-12H2,1-2H3. The Bertz CT molecular complexity index is 743. The first-order chi connectivity index (χ1) is 12.1. The molecule has 1 fully saturated rings. The maximum atomic E-state index is 12.4. The SMILES string of the molecule is CCOC(=O)C1=C(O)C(=C2CCN(C)CC2)SC1=Nc1ccccc1. The second-order valence-corrected chi connectivity index (χ2v) is 7.03. The predicted octanol–water partition coefficient (Wildman–Crippen LogP) is 3.82.